The number of carbonyl (C=O) groups excluding carboxylic acids is 1. The average molecular weight is 358 g/mol. The van der Waals surface area contributed by atoms with Crippen molar-refractivity contribution in [2.45, 2.75) is 13.8 Å². The second kappa shape index (κ2) is 8.02. The average Bonchev–Trinajstić information content (AvgIpc) is 2.93. The summed E-state index contributed by atoms with van der Waals surface area (Å²) in [5.41, 5.74) is 0.164. The molecule has 0 spiro atoms. The molecule has 0 amide bonds. The molecule has 0 unspecified atom stereocenters. The molecule has 0 aliphatic carbocycles. The number of allylic oxidation sites excluding steroid dienone is 1. The Morgan fingerprint density at radius 2 is 1.81 bits per heavy atom. The predicted octanol–water partition coefficient (Wildman–Crippen LogP) is 2.95. The molecule has 0 fully saturated rings. The number of carbonyl (C=O) groups is 2. The van der Waals surface area contributed by atoms with E-state index in [4.69, 9.17) is 4.74 Å². The van der Waals surface area contributed by atoms with Crippen molar-refractivity contribution in [2.24, 2.45) is 0 Å². The molecule has 136 valence electrons. The van der Waals surface area contributed by atoms with Gasteiger partial charge in [0.25, 0.3) is 0 Å². The molecule has 8 nitrogen and oxygen atoms in total. The summed E-state index contributed by atoms with van der Waals surface area (Å²) in [7, 11) is 0. The van der Waals surface area contributed by atoms with Crippen LogP contribution < -0.4 is 0 Å². The summed E-state index contributed by atoms with van der Waals surface area (Å²) in [4.78, 5) is 23.4. The maximum Gasteiger partial charge on any atom is 0.373 e. The summed E-state index contributed by atoms with van der Waals surface area (Å²) in [6.07, 6.45) is 2.16. The maximum atomic E-state index is 11.8. The Morgan fingerprint density at radius 1 is 1.15 bits per heavy atom. The van der Waals surface area contributed by atoms with Crippen LogP contribution >= 0.6 is 0 Å². The van der Waals surface area contributed by atoms with Gasteiger partial charge in [-0.05, 0) is 26.0 Å². The Hall–Kier alpha value is -3.55. The molecule has 2 aromatic rings. The van der Waals surface area contributed by atoms with Gasteiger partial charge in [-0.2, -0.15) is 5.10 Å². The fourth-order valence-electron chi connectivity index (χ4n) is 2.26. The van der Waals surface area contributed by atoms with Gasteiger partial charge in [-0.15, -0.1) is 0 Å². The minimum atomic E-state index is -1.33. The first-order valence-electron chi connectivity index (χ1n) is 7.72. The van der Waals surface area contributed by atoms with Crippen LogP contribution in [-0.2, 0) is 9.53 Å². The van der Waals surface area contributed by atoms with Crippen LogP contribution in [0.4, 0.5) is 0 Å². The van der Waals surface area contributed by atoms with Crippen molar-refractivity contribution in [3.8, 4) is 5.69 Å². The highest BCUT2D eigenvalue weighted by Gasteiger charge is 2.24. The third-order valence-corrected chi connectivity index (χ3v) is 3.27. The first-order chi connectivity index (χ1) is 12.3. The molecule has 3 N–H and O–H groups in total. The summed E-state index contributed by atoms with van der Waals surface area (Å²) < 4.78 is 5.96. The third kappa shape index (κ3) is 4.10. The summed E-state index contributed by atoms with van der Waals surface area (Å²) in [6, 6.07) is 8.58. The Morgan fingerprint density at radius 3 is 2.35 bits per heavy atom. The van der Waals surface area contributed by atoms with E-state index in [9.17, 15) is 24.9 Å². The van der Waals surface area contributed by atoms with Crippen molar-refractivity contribution in [1.29, 1.82) is 0 Å². The number of hydrogen-bond acceptors (Lipinski definition) is 6. The zero-order chi connectivity index (χ0) is 19.3. The van der Waals surface area contributed by atoms with Gasteiger partial charge in [-0.1, -0.05) is 18.2 Å². The number of nitrogens with zero attached hydrogens (tertiary/aromatic N) is 2. The molecule has 8 heteroatoms. The number of rotatable bonds is 6. The number of aliphatic hydroxyl groups is 2. The van der Waals surface area contributed by atoms with E-state index in [1.54, 1.807) is 37.3 Å². The van der Waals surface area contributed by atoms with Gasteiger partial charge >= 0.3 is 11.9 Å². The number of ether oxygens (including phenoxy) is 1. The van der Waals surface area contributed by atoms with E-state index in [1.165, 1.54) is 17.7 Å². The van der Waals surface area contributed by atoms with Gasteiger partial charge in [0.05, 0.1) is 23.7 Å². The molecule has 0 radical (unpaired) electrons. The first-order valence-corrected chi connectivity index (χ1v) is 7.72. The molecule has 0 aliphatic rings. The number of carboxylic acids is 1. The van der Waals surface area contributed by atoms with Crippen LogP contribution in [0.1, 0.15) is 35.6 Å². The fraction of sp³-hybridized carbons (Fsp3) is 0.167. The van der Waals surface area contributed by atoms with E-state index >= 15 is 0 Å². The molecular formula is C18H18N2O6. The molecule has 0 atom stereocenters. The Bertz CT molecular complexity index is 877. The number of esters is 1. The number of carboxylic acid groups (broad SMARTS) is 1. The standard InChI is InChI=1S/C18H18N2O6/c1-3-26-18(25)15(22)10-14-16(17(23)24)13(9-11(2)21)19-20(14)12-7-5-4-6-8-12/h4-10,21-22H,3H2,1-2H3,(H,23,24)/b11-9-,15-10-. The number of aliphatic hydroxyl groups excluding tert-OH is 2. The summed E-state index contributed by atoms with van der Waals surface area (Å²) in [5, 5.41) is 33.2. The van der Waals surface area contributed by atoms with Crippen molar-refractivity contribution in [3.05, 3.63) is 58.8 Å². The van der Waals surface area contributed by atoms with E-state index in [0.29, 0.717) is 5.69 Å². The minimum Gasteiger partial charge on any atom is -0.513 e. The molecule has 0 saturated carbocycles. The van der Waals surface area contributed by atoms with E-state index in [-0.39, 0.29) is 29.3 Å². The van der Waals surface area contributed by atoms with Crippen LogP contribution in [0.3, 0.4) is 0 Å². The molecule has 0 aliphatic heterocycles. The number of para-hydroxylation sites is 1. The second-order valence-electron chi connectivity index (χ2n) is 5.23. The molecule has 26 heavy (non-hydrogen) atoms. The van der Waals surface area contributed by atoms with Gasteiger partial charge in [0.2, 0.25) is 5.76 Å². The lowest BCUT2D eigenvalue weighted by Gasteiger charge is -2.06. The maximum absolute atomic E-state index is 11.8. The Labute approximate surface area is 149 Å². The van der Waals surface area contributed by atoms with Crippen molar-refractivity contribution < 1.29 is 29.6 Å². The number of hydrogen-bond donors (Lipinski definition) is 3. The lowest BCUT2D eigenvalue weighted by molar-refractivity contribution is -0.141. The van der Waals surface area contributed by atoms with Gasteiger partial charge in [-0.3, -0.25) is 0 Å². The summed E-state index contributed by atoms with van der Waals surface area (Å²) in [5.74, 6) is -3.22. The number of benzene rings is 1. The summed E-state index contributed by atoms with van der Waals surface area (Å²) >= 11 is 0. The predicted molar refractivity (Wildman–Crippen MR) is 94.0 cm³/mol. The quantitative estimate of drug-likeness (QED) is 0.412. The van der Waals surface area contributed by atoms with Gasteiger partial charge in [0, 0.05) is 12.2 Å². The third-order valence-electron chi connectivity index (χ3n) is 3.27. The normalized spacial score (nSPS) is 12.1. The van der Waals surface area contributed by atoms with E-state index < -0.39 is 17.7 Å². The van der Waals surface area contributed by atoms with Crippen LogP contribution in [-0.4, -0.2) is 43.6 Å². The molecule has 1 aromatic heterocycles. The molecule has 2 rings (SSSR count). The number of aromatic nitrogens is 2. The molecule has 1 aromatic carbocycles. The van der Waals surface area contributed by atoms with Gasteiger partial charge in [0.15, 0.2) is 0 Å². The first kappa shape index (κ1) is 18.8. The largest absolute Gasteiger partial charge is 0.513 e. The fourth-order valence-corrected chi connectivity index (χ4v) is 2.26. The molecular weight excluding hydrogens is 340 g/mol. The zero-order valence-corrected chi connectivity index (χ0v) is 14.2. The van der Waals surface area contributed by atoms with Gasteiger partial charge < -0.3 is 20.1 Å². The topological polar surface area (TPSA) is 122 Å². The van der Waals surface area contributed by atoms with Crippen molar-refractivity contribution in [2.75, 3.05) is 6.61 Å². The zero-order valence-electron chi connectivity index (χ0n) is 14.2. The minimum absolute atomic E-state index is 0.0238. The van der Waals surface area contributed by atoms with Gasteiger partial charge in [-0.25, -0.2) is 14.3 Å². The highest BCUT2D eigenvalue weighted by Crippen LogP contribution is 2.23. The van der Waals surface area contributed by atoms with Crippen LogP contribution in [0.2, 0.25) is 0 Å². The van der Waals surface area contributed by atoms with Crippen molar-refractivity contribution >= 4 is 24.1 Å². The Kier molecular flexibility index (Phi) is 5.79. The molecule has 0 bridgehead atoms. The van der Waals surface area contributed by atoms with Gasteiger partial charge in [0.1, 0.15) is 11.3 Å². The van der Waals surface area contributed by atoms with Crippen LogP contribution in [0.5, 0.6) is 0 Å². The van der Waals surface area contributed by atoms with Crippen LogP contribution in [0, 0.1) is 0 Å². The number of aromatic carboxylic acids is 1. The van der Waals surface area contributed by atoms with Crippen molar-refractivity contribution in [3.63, 3.8) is 0 Å². The highest BCUT2D eigenvalue weighted by molar-refractivity contribution is 5.98. The smallest absolute Gasteiger partial charge is 0.373 e. The second-order valence-corrected chi connectivity index (χ2v) is 5.23. The highest BCUT2D eigenvalue weighted by atomic mass is 16.5. The lowest BCUT2D eigenvalue weighted by Crippen LogP contribution is -2.09. The molecule has 0 saturated heterocycles. The summed E-state index contributed by atoms with van der Waals surface area (Å²) in [6.45, 7) is 3.01. The van der Waals surface area contributed by atoms with Crippen LogP contribution in [0.15, 0.2) is 41.9 Å². The lowest BCUT2D eigenvalue weighted by atomic mass is 10.1. The van der Waals surface area contributed by atoms with Crippen molar-refractivity contribution in [1.82, 2.24) is 9.78 Å². The monoisotopic (exact) mass is 358 g/mol. The SMILES string of the molecule is CCOC(=O)/C(O)=C/c1c(C(=O)O)c(/C=C(/C)O)nn1-c1ccccc1. The van der Waals surface area contributed by atoms with Crippen LogP contribution in [0.25, 0.3) is 17.8 Å². The van der Waals surface area contributed by atoms with E-state index in [1.807, 2.05) is 0 Å². The van der Waals surface area contributed by atoms with E-state index in [2.05, 4.69) is 5.10 Å². The molecule has 1 heterocycles. The Balaban J connectivity index is 2.75. The van der Waals surface area contributed by atoms with E-state index in [0.717, 1.165) is 6.08 Å².